The molecule has 0 N–H and O–H groups in total. The normalized spacial score (nSPS) is 21.9. The Morgan fingerprint density at radius 1 is 0.967 bits per heavy atom. The number of carbonyl (C=O) groups excluding carboxylic acids is 2. The molecule has 7 heteroatoms. The number of benzene rings is 2. The Kier molecular flexibility index (Phi) is 5.33. The first-order valence-corrected chi connectivity index (χ1v) is 10.1. The van der Waals surface area contributed by atoms with E-state index in [4.69, 9.17) is 21.6 Å². The number of halogens is 1. The summed E-state index contributed by atoms with van der Waals surface area (Å²) in [6.45, 7) is 4.92. The number of ether oxygens (including phenoxy) is 1. The minimum Gasteiger partial charge on any atom is -0.372 e. The van der Waals surface area contributed by atoms with Gasteiger partial charge in [-0.25, -0.2) is 4.90 Å². The molecule has 0 saturated carbocycles. The zero-order valence-electron chi connectivity index (χ0n) is 16.6. The van der Waals surface area contributed by atoms with Crippen LogP contribution in [0.15, 0.2) is 54.2 Å². The van der Waals surface area contributed by atoms with Crippen molar-refractivity contribution in [1.82, 2.24) is 4.90 Å². The average molecular weight is 422 g/mol. The topological polar surface area (TPSA) is 73.6 Å². The summed E-state index contributed by atoms with van der Waals surface area (Å²) < 4.78 is 5.81. The van der Waals surface area contributed by atoms with Crippen LogP contribution >= 0.6 is 11.6 Å². The summed E-state index contributed by atoms with van der Waals surface area (Å²) in [4.78, 5) is 30.1. The van der Waals surface area contributed by atoms with Crippen LogP contribution in [0.25, 0.3) is 5.57 Å². The predicted octanol–water partition coefficient (Wildman–Crippen LogP) is 3.61. The number of amides is 2. The van der Waals surface area contributed by atoms with Crippen LogP contribution in [0.3, 0.4) is 0 Å². The Morgan fingerprint density at radius 3 is 2.13 bits per heavy atom. The first kappa shape index (κ1) is 20.1. The molecule has 2 atom stereocenters. The number of hydrogen-bond donors (Lipinski definition) is 0. The molecule has 2 unspecified atom stereocenters. The van der Waals surface area contributed by atoms with E-state index in [1.54, 1.807) is 48.5 Å². The van der Waals surface area contributed by atoms with Gasteiger partial charge in [0.15, 0.2) is 0 Å². The van der Waals surface area contributed by atoms with Gasteiger partial charge in [-0.3, -0.25) is 9.59 Å². The van der Waals surface area contributed by atoms with E-state index in [2.05, 4.69) is 0 Å². The minimum atomic E-state index is -0.395. The zero-order chi connectivity index (χ0) is 21.4. The van der Waals surface area contributed by atoms with Gasteiger partial charge in [-0.05, 0) is 55.8 Å². The summed E-state index contributed by atoms with van der Waals surface area (Å²) in [5, 5.41) is 9.59. The molecule has 0 radical (unpaired) electrons. The number of morpholine rings is 1. The van der Waals surface area contributed by atoms with Crippen LogP contribution in [-0.2, 0) is 14.3 Å². The highest BCUT2D eigenvalue weighted by Gasteiger charge is 2.43. The van der Waals surface area contributed by atoms with Crippen LogP contribution in [0.4, 0.5) is 5.69 Å². The molecular formula is C23H20ClN3O3. The summed E-state index contributed by atoms with van der Waals surface area (Å²) in [6.07, 6.45) is -0.140. The monoisotopic (exact) mass is 421 g/mol. The Morgan fingerprint density at radius 2 is 1.57 bits per heavy atom. The van der Waals surface area contributed by atoms with Gasteiger partial charge in [0, 0.05) is 18.1 Å². The molecule has 0 aliphatic carbocycles. The van der Waals surface area contributed by atoms with Crippen molar-refractivity contribution in [3.8, 4) is 6.07 Å². The third-order valence-corrected chi connectivity index (χ3v) is 5.43. The van der Waals surface area contributed by atoms with Crippen molar-refractivity contribution in [1.29, 1.82) is 5.26 Å². The molecule has 0 aromatic heterocycles. The summed E-state index contributed by atoms with van der Waals surface area (Å²) in [6, 6.07) is 15.4. The fourth-order valence-corrected chi connectivity index (χ4v) is 4.09. The molecule has 2 aromatic rings. The van der Waals surface area contributed by atoms with Gasteiger partial charge >= 0.3 is 0 Å². The van der Waals surface area contributed by atoms with Crippen molar-refractivity contribution in [3.63, 3.8) is 0 Å². The van der Waals surface area contributed by atoms with Gasteiger partial charge in [-0.15, -0.1) is 0 Å². The van der Waals surface area contributed by atoms with E-state index in [0.29, 0.717) is 46.2 Å². The van der Waals surface area contributed by atoms with Crippen LogP contribution < -0.4 is 4.90 Å². The van der Waals surface area contributed by atoms with Gasteiger partial charge in [-0.2, -0.15) is 5.26 Å². The second kappa shape index (κ2) is 7.94. The third-order valence-electron chi connectivity index (χ3n) is 5.18. The van der Waals surface area contributed by atoms with Crippen molar-refractivity contribution in [2.24, 2.45) is 0 Å². The Labute approximate surface area is 179 Å². The van der Waals surface area contributed by atoms with Crippen LogP contribution in [-0.4, -0.2) is 42.0 Å². The predicted molar refractivity (Wildman–Crippen MR) is 114 cm³/mol. The van der Waals surface area contributed by atoms with Crippen LogP contribution in [0.1, 0.15) is 25.0 Å². The van der Waals surface area contributed by atoms with E-state index in [-0.39, 0.29) is 18.1 Å². The SMILES string of the molecule is CC1CN(C2=C(c3ccc(Cl)cc3)C(=O)N(c3ccc(C#N)cc3)C2=O)CC(C)O1. The lowest BCUT2D eigenvalue weighted by Gasteiger charge is -2.37. The van der Waals surface area contributed by atoms with E-state index in [1.165, 1.54) is 4.90 Å². The zero-order valence-corrected chi connectivity index (χ0v) is 17.4. The maximum Gasteiger partial charge on any atom is 0.282 e. The van der Waals surface area contributed by atoms with Crippen LogP contribution in [0.2, 0.25) is 5.02 Å². The van der Waals surface area contributed by atoms with Crippen molar-refractivity contribution in [2.75, 3.05) is 18.0 Å². The first-order chi connectivity index (χ1) is 14.4. The molecule has 2 aliphatic heterocycles. The van der Waals surface area contributed by atoms with Gasteiger partial charge in [0.2, 0.25) is 0 Å². The molecule has 2 aromatic carbocycles. The largest absolute Gasteiger partial charge is 0.372 e. The lowest BCUT2D eigenvalue weighted by Crippen LogP contribution is -2.47. The average Bonchev–Trinajstić information content (AvgIpc) is 2.98. The van der Waals surface area contributed by atoms with Gasteiger partial charge in [-0.1, -0.05) is 23.7 Å². The quantitative estimate of drug-likeness (QED) is 0.708. The van der Waals surface area contributed by atoms with Crippen LogP contribution in [0.5, 0.6) is 0 Å². The lowest BCUT2D eigenvalue weighted by molar-refractivity contribution is -0.121. The van der Waals surface area contributed by atoms with E-state index in [9.17, 15) is 9.59 Å². The molecule has 30 heavy (non-hydrogen) atoms. The number of anilines is 1. The van der Waals surface area contributed by atoms with E-state index >= 15 is 0 Å². The van der Waals surface area contributed by atoms with Crippen molar-refractivity contribution >= 4 is 34.7 Å². The van der Waals surface area contributed by atoms with Crippen molar-refractivity contribution < 1.29 is 14.3 Å². The Bertz CT molecular complexity index is 1060. The van der Waals surface area contributed by atoms with E-state index < -0.39 is 5.91 Å². The number of nitriles is 1. The maximum absolute atomic E-state index is 13.5. The summed E-state index contributed by atoms with van der Waals surface area (Å²) >= 11 is 6.03. The Hall–Kier alpha value is -3.14. The number of nitrogens with zero attached hydrogens (tertiary/aromatic N) is 3. The standard InChI is InChI=1S/C23H20ClN3O3/c1-14-12-26(13-15(2)30-14)21-20(17-5-7-18(24)8-6-17)22(28)27(23(21)29)19-9-3-16(11-25)4-10-19/h3-10,14-15H,12-13H2,1-2H3. The number of carbonyl (C=O) groups is 2. The highest BCUT2D eigenvalue weighted by atomic mass is 35.5. The van der Waals surface area contributed by atoms with Gasteiger partial charge < -0.3 is 9.64 Å². The second-order valence-electron chi connectivity index (χ2n) is 7.50. The first-order valence-electron chi connectivity index (χ1n) is 9.68. The van der Waals surface area contributed by atoms with Crippen molar-refractivity contribution in [3.05, 3.63) is 70.4 Å². The van der Waals surface area contributed by atoms with Gasteiger partial charge in [0.1, 0.15) is 5.70 Å². The highest BCUT2D eigenvalue weighted by molar-refractivity contribution is 6.45. The summed E-state index contributed by atoms with van der Waals surface area (Å²) in [5.41, 5.74) is 2.24. The van der Waals surface area contributed by atoms with E-state index in [1.807, 2.05) is 24.8 Å². The maximum atomic E-state index is 13.5. The molecule has 2 aliphatic rings. The molecule has 4 rings (SSSR count). The number of imide groups is 1. The molecule has 2 heterocycles. The molecule has 152 valence electrons. The van der Waals surface area contributed by atoms with Crippen molar-refractivity contribution in [2.45, 2.75) is 26.1 Å². The van der Waals surface area contributed by atoms with Gasteiger partial charge in [0.05, 0.1) is 35.1 Å². The number of hydrogen-bond acceptors (Lipinski definition) is 5. The molecule has 2 amide bonds. The van der Waals surface area contributed by atoms with Gasteiger partial charge in [0.25, 0.3) is 11.8 Å². The fourth-order valence-electron chi connectivity index (χ4n) is 3.97. The molecule has 1 saturated heterocycles. The summed E-state index contributed by atoms with van der Waals surface area (Å²) in [7, 11) is 0. The second-order valence-corrected chi connectivity index (χ2v) is 7.93. The Balaban J connectivity index is 1.81. The molecule has 6 nitrogen and oxygen atoms in total. The minimum absolute atomic E-state index is 0.0698. The smallest absolute Gasteiger partial charge is 0.282 e. The molecule has 1 fully saturated rings. The summed E-state index contributed by atoms with van der Waals surface area (Å²) in [5.74, 6) is -0.773. The molecule has 0 spiro atoms. The fraction of sp³-hybridized carbons (Fsp3) is 0.261. The molecule has 0 bridgehead atoms. The van der Waals surface area contributed by atoms with Crippen LogP contribution in [0, 0.1) is 11.3 Å². The highest BCUT2D eigenvalue weighted by Crippen LogP contribution is 2.36. The number of rotatable bonds is 3. The van der Waals surface area contributed by atoms with E-state index in [0.717, 1.165) is 0 Å². The third kappa shape index (κ3) is 3.58. The lowest BCUT2D eigenvalue weighted by atomic mass is 10.0. The molecular weight excluding hydrogens is 402 g/mol.